The van der Waals surface area contributed by atoms with E-state index < -0.39 is 0 Å². The topological polar surface area (TPSA) is 25.3 Å². The number of hydrogen-bond acceptors (Lipinski definition) is 0. The third-order valence-corrected chi connectivity index (χ3v) is 21.7. The first-order valence-corrected chi connectivity index (χ1v) is 44.6. The minimum absolute atomic E-state index is 0. The molecule has 0 spiro atoms. The van der Waals surface area contributed by atoms with Crippen LogP contribution in [0.3, 0.4) is 0 Å². The van der Waals surface area contributed by atoms with Gasteiger partial charge in [-0.25, -0.2) is 43.9 Å². The molecule has 0 aromatic heterocycles. The Morgan fingerprint density at radius 2 is 0.584 bits per heavy atom. The molecule has 1 aliphatic rings. The SMILES string of the molecule is C=C[CH2-].C=C[CH2-].CCCCCCCCCCCCCCCCCCCCCC(=CC(CCCCC)CCc1ccccc1C1=CC(CCCC)=C(c2ccccc2CCC(C=C(CCCCC)CCCCCCCCCCCCCCCCCCCCC)CCCCC)[N+]1=[N-])CCCCC.[Ni+2]. The van der Waals surface area contributed by atoms with Gasteiger partial charge < -0.3 is 5.53 Å². The molecule has 2 aromatic rings. The van der Waals surface area contributed by atoms with Crippen LogP contribution in [0.2, 0.25) is 0 Å². The Hall–Kier alpha value is -3.29. The van der Waals surface area contributed by atoms with Crippen LogP contribution in [0.1, 0.15) is 462 Å². The molecule has 0 saturated heterocycles. The molecule has 3 rings (SSSR count). The number of nitrogens with zero attached hydrogens (tertiary/aromatic N) is 2. The number of unbranched alkanes of at least 4 members (excludes halogenated alkanes) is 45. The van der Waals surface area contributed by atoms with Gasteiger partial charge in [0.1, 0.15) is 0 Å². The second-order valence-corrected chi connectivity index (χ2v) is 31.1. The summed E-state index contributed by atoms with van der Waals surface area (Å²) in [7, 11) is 0. The summed E-state index contributed by atoms with van der Waals surface area (Å²) in [5.74, 6) is 1.21. The molecule has 0 saturated carbocycles. The minimum Gasteiger partial charge on any atom is -0.493 e. The number of hydrogen-bond donors (Lipinski definition) is 0. The molecule has 2 atom stereocenters. The van der Waals surface area contributed by atoms with Gasteiger partial charge in [0, 0.05) is 22.8 Å². The molecule has 2 nitrogen and oxygen atoms in total. The molecular weight excluding hydrogens is 1260 g/mol. The summed E-state index contributed by atoms with van der Waals surface area (Å²) in [5, 5.41) is 0. The number of aryl methyl sites for hydroxylation is 2. The van der Waals surface area contributed by atoms with Crippen LogP contribution in [0.15, 0.2) is 109 Å². The average molecular weight is 1440 g/mol. The average Bonchev–Trinajstić information content (AvgIpc) is 1.63. The second kappa shape index (κ2) is 75.0. The van der Waals surface area contributed by atoms with E-state index in [2.05, 4.69) is 142 Å². The van der Waals surface area contributed by atoms with E-state index in [9.17, 15) is 5.53 Å². The molecular formula is C98H170N2Ni. The van der Waals surface area contributed by atoms with Gasteiger partial charge in [-0.2, -0.15) is 0 Å². The Morgan fingerprint density at radius 1 is 0.337 bits per heavy atom. The summed E-state index contributed by atoms with van der Waals surface area (Å²) < 4.78 is 1.64. The molecule has 1 heterocycles. The maximum absolute atomic E-state index is 12.8. The fourth-order valence-electron chi connectivity index (χ4n) is 15.5. The van der Waals surface area contributed by atoms with Gasteiger partial charge >= 0.3 is 16.5 Å². The van der Waals surface area contributed by atoms with Gasteiger partial charge in [0.25, 0.3) is 0 Å². The molecule has 0 amide bonds. The predicted molar refractivity (Wildman–Crippen MR) is 454 cm³/mol. The van der Waals surface area contributed by atoms with Crippen LogP contribution in [-0.4, -0.2) is 4.70 Å². The van der Waals surface area contributed by atoms with Crippen molar-refractivity contribution in [1.29, 1.82) is 0 Å². The van der Waals surface area contributed by atoms with Crippen molar-refractivity contribution < 1.29 is 21.2 Å². The van der Waals surface area contributed by atoms with Crippen LogP contribution in [0.4, 0.5) is 0 Å². The monoisotopic (exact) mass is 1430 g/mol. The van der Waals surface area contributed by atoms with Crippen molar-refractivity contribution in [2.24, 2.45) is 11.8 Å². The van der Waals surface area contributed by atoms with Gasteiger partial charge in [0.15, 0.2) is 0 Å². The van der Waals surface area contributed by atoms with Gasteiger partial charge in [-0.1, -0.05) is 410 Å². The summed E-state index contributed by atoms with van der Waals surface area (Å²) in [6, 6.07) is 18.3. The zero-order valence-corrected chi connectivity index (χ0v) is 69.7. The first-order chi connectivity index (χ1) is 49.3. The molecule has 0 fully saturated rings. The van der Waals surface area contributed by atoms with Gasteiger partial charge in [0.05, 0.1) is 0 Å². The fourth-order valence-corrected chi connectivity index (χ4v) is 15.5. The molecule has 3 heteroatoms. The largest absolute Gasteiger partial charge is 2.00 e. The maximum atomic E-state index is 12.8. The second-order valence-electron chi connectivity index (χ2n) is 31.1. The summed E-state index contributed by atoms with van der Waals surface area (Å²) in [5.41, 5.74) is 24.8. The van der Waals surface area contributed by atoms with E-state index in [1.165, 1.54) is 412 Å². The third-order valence-electron chi connectivity index (χ3n) is 21.7. The van der Waals surface area contributed by atoms with Crippen LogP contribution >= 0.6 is 0 Å². The van der Waals surface area contributed by atoms with Gasteiger partial charge in [-0.3, -0.25) is 0 Å². The Bertz CT molecular complexity index is 2280. The number of rotatable bonds is 69. The minimum atomic E-state index is 0. The summed E-state index contributed by atoms with van der Waals surface area (Å²) >= 11 is 0. The van der Waals surface area contributed by atoms with Crippen molar-refractivity contribution in [3.63, 3.8) is 0 Å². The maximum Gasteiger partial charge on any atom is 2.00 e. The summed E-state index contributed by atoms with van der Waals surface area (Å²) in [6.07, 6.45) is 96.8. The van der Waals surface area contributed by atoms with Crippen LogP contribution in [0.5, 0.6) is 0 Å². The molecule has 0 aliphatic carbocycles. The predicted octanol–water partition coefficient (Wildman–Crippen LogP) is 34.6. The normalized spacial score (nSPS) is 13.0. The standard InChI is InChI=1S/C92H160N2.2C3H5.Ni/c1-8-15-22-24-26-28-30-32-34-36-38-40-42-44-46-48-50-52-58-68-82(64-54-17-10-3)79-84(66-56-19-12-5)75-77-86-71-60-62-73-89(86)91-81-88(70-21-14-7)92(94(91)93)90-74-63-61-72-87(90)78-76-85(67-57-20-13-6)80-83(65-55-18-11-4)69-59-53-51-49-47-45-43-41-39-37-35-33-31-29-27-25-23-16-9-2;2*1-3-2;/h60-63,71-74,79-81,84-85H,8-59,64-70,75-78H2,1-7H3;2*3H,1-2H2;/q;2*-1;+2. The van der Waals surface area contributed by atoms with Crippen molar-refractivity contribution in [3.8, 4) is 0 Å². The first kappa shape index (κ1) is 97.7. The van der Waals surface area contributed by atoms with Crippen LogP contribution in [0, 0.1) is 25.7 Å². The zero-order chi connectivity index (χ0) is 72.7. The van der Waals surface area contributed by atoms with Crippen molar-refractivity contribution in [1.82, 2.24) is 0 Å². The number of benzene rings is 2. The van der Waals surface area contributed by atoms with E-state index >= 15 is 0 Å². The molecule has 0 N–H and O–H groups in total. The summed E-state index contributed by atoms with van der Waals surface area (Å²) in [6.45, 7) is 29.4. The van der Waals surface area contributed by atoms with Crippen LogP contribution < -0.4 is 0 Å². The fraction of sp³-hybridized carbons (Fsp3) is 0.735. The van der Waals surface area contributed by atoms with E-state index in [0.717, 1.165) is 43.5 Å². The zero-order valence-electron chi connectivity index (χ0n) is 68.7. The Kier molecular flexibility index (Phi) is 72.5. The van der Waals surface area contributed by atoms with Crippen LogP contribution in [-0.2, 0) is 29.3 Å². The Morgan fingerprint density at radius 3 is 0.901 bits per heavy atom. The van der Waals surface area contributed by atoms with Crippen LogP contribution in [0.25, 0.3) is 16.9 Å². The molecule has 1 aliphatic heterocycles. The van der Waals surface area contributed by atoms with E-state index in [1.54, 1.807) is 15.8 Å². The van der Waals surface area contributed by atoms with E-state index in [4.69, 9.17) is 0 Å². The smallest absolute Gasteiger partial charge is 0.493 e. The number of allylic oxidation sites excluding steroid dienone is 8. The molecule has 2 aromatic carbocycles. The van der Waals surface area contributed by atoms with Crippen molar-refractivity contribution >= 4 is 11.4 Å². The van der Waals surface area contributed by atoms with Gasteiger partial charge in [-0.15, -0.1) is 0 Å². The molecule has 0 bridgehead atoms. The molecule has 101 heavy (non-hydrogen) atoms. The molecule has 0 radical (unpaired) electrons. The Labute approximate surface area is 643 Å². The molecule has 2 unspecified atom stereocenters. The van der Waals surface area contributed by atoms with E-state index in [-0.39, 0.29) is 16.5 Å². The van der Waals surface area contributed by atoms with Gasteiger partial charge in [-0.05, 0) is 138 Å². The first-order valence-electron chi connectivity index (χ1n) is 44.6. The van der Waals surface area contributed by atoms with E-state index in [1.807, 2.05) is 0 Å². The van der Waals surface area contributed by atoms with Crippen molar-refractivity contribution in [2.75, 3.05) is 0 Å². The van der Waals surface area contributed by atoms with Gasteiger partial charge in [0.2, 0.25) is 11.4 Å². The van der Waals surface area contributed by atoms with Crippen molar-refractivity contribution in [2.45, 2.75) is 453 Å². The third kappa shape index (κ3) is 54.0. The quantitative estimate of drug-likeness (QED) is 0.0207. The summed E-state index contributed by atoms with van der Waals surface area (Å²) in [4.78, 5) is 0. The Balaban J connectivity index is 0.0000138. The molecule has 582 valence electrons. The van der Waals surface area contributed by atoms with Crippen molar-refractivity contribution in [3.05, 3.63) is 150 Å². The van der Waals surface area contributed by atoms with E-state index in [0.29, 0.717) is 11.8 Å².